The summed E-state index contributed by atoms with van der Waals surface area (Å²) in [6.45, 7) is 2.04. The van der Waals surface area contributed by atoms with Crippen LogP contribution in [-0.2, 0) is 11.0 Å². The van der Waals surface area contributed by atoms with E-state index in [0.717, 1.165) is 17.0 Å². The van der Waals surface area contributed by atoms with Crippen molar-refractivity contribution in [3.63, 3.8) is 0 Å². The average Bonchev–Trinajstić information content (AvgIpc) is 2.79. The van der Waals surface area contributed by atoms with Gasteiger partial charge in [0.1, 0.15) is 17.0 Å². The van der Waals surface area contributed by atoms with Gasteiger partial charge >= 0.3 is 12.2 Å². The van der Waals surface area contributed by atoms with E-state index in [9.17, 15) is 22.8 Å². The maximum Gasteiger partial charge on any atom is 0.417 e. The molecule has 0 spiro atoms. The van der Waals surface area contributed by atoms with Crippen LogP contribution in [0.3, 0.4) is 0 Å². The molecule has 3 rings (SSSR count). The molecule has 0 atom stereocenters. The molecule has 3 N–H and O–H groups in total. The lowest BCUT2D eigenvalue weighted by molar-refractivity contribution is -0.137. The van der Waals surface area contributed by atoms with Crippen LogP contribution in [0.1, 0.15) is 23.0 Å². The third kappa shape index (κ3) is 7.07. The number of hydrogen-bond acceptors (Lipinski definition) is 6. The maximum absolute atomic E-state index is 13.0. The summed E-state index contributed by atoms with van der Waals surface area (Å²) in [6, 6.07) is 10.5. The Balaban J connectivity index is 1.60. The maximum atomic E-state index is 13.0. The van der Waals surface area contributed by atoms with Gasteiger partial charge in [-0.2, -0.15) is 13.2 Å². The molecule has 0 fully saturated rings. The van der Waals surface area contributed by atoms with Gasteiger partial charge in [0.2, 0.25) is 0 Å². The molecule has 0 unspecified atom stereocenters. The lowest BCUT2D eigenvalue weighted by Crippen LogP contribution is -2.24. The Kier molecular flexibility index (Phi) is 8.31. The van der Waals surface area contributed by atoms with E-state index in [0.29, 0.717) is 17.3 Å². The van der Waals surface area contributed by atoms with Gasteiger partial charge in [0, 0.05) is 22.3 Å². The number of nitrogens with zero attached hydrogens (tertiary/aromatic N) is 2. The van der Waals surface area contributed by atoms with Gasteiger partial charge in [0.15, 0.2) is 0 Å². The number of anilines is 2. The van der Waals surface area contributed by atoms with Crippen LogP contribution in [0, 0.1) is 0 Å². The number of alkyl halides is 3. The molecule has 13 heteroatoms. The first kappa shape index (κ1) is 25.3. The molecule has 0 bridgehead atoms. The predicted molar refractivity (Wildman–Crippen MR) is 121 cm³/mol. The minimum absolute atomic E-state index is 0.0608. The standard InChI is InChI=1S/C21H17ClF3N5O3S/c1-2-33-30-19(31)17-10-18(27-11-26-17)34-14-6-3-12(4-7-14)28-20(32)29-13-5-8-16(22)15(9-13)21(23,24)25/h3-11H,2H2,1H3,(H,30,31)(H2,28,29,32). The van der Waals surface area contributed by atoms with E-state index >= 15 is 0 Å². The zero-order valence-electron chi connectivity index (χ0n) is 17.4. The highest BCUT2D eigenvalue weighted by Gasteiger charge is 2.33. The fourth-order valence-electron chi connectivity index (χ4n) is 2.55. The number of carbonyl (C=O) groups excluding carboxylic acids is 2. The molecule has 3 aromatic rings. The summed E-state index contributed by atoms with van der Waals surface area (Å²) in [5, 5.41) is 4.92. The number of urea groups is 1. The quantitative estimate of drug-likeness (QED) is 0.281. The molecule has 0 saturated heterocycles. The van der Waals surface area contributed by atoms with Crippen molar-refractivity contribution in [1.82, 2.24) is 15.4 Å². The molecule has 0 radical (unpaired) electrons. The Morgan fingerprint density at radius 2 is 1.71 bits per heavy atom. The van der Waals surface area contributed by atoms with Gasteiger partial charge in [-0.05, 0) is 49.4 Å². The molecule has 0 saturated carbocycles. The summed E-state index contributed by atoms with van der Waals surface area (Å²) >= 11 is 6.84. The number of rotatable bonds is 7. The number of benzene rings is 2. The van der Waals surface area contributed by atoms with E-state index in [1.165, 1.54) is 30.2 Å². The molecular formula is C21H17ClF3N5O3S. The molecule has 8 nitrogen and oxygen atoms in total. The van der Waals surface area contributed by atoms with Gasteiger partial charge in [-0.25, -0.2) is 20.2 Å². The van der Waals surface area contributed by atoms with Crippen LogP contribution in [0.4, 0.5) is 29.3 Å². The summed E-state index contributed by atoms with van der Waals surface area (Å²) in [4.78, 5) is 37.7. The van der Waals surface area contributed by atoms with Crippen molar-refractivity contribution in [2.45, 2.75) is 23.0 Å². The van der Waals surface area contributed by atoms with Crippen LogP contribution in [0.2, 0.25) is 5.02 Å². The van der Waals surface area contributed by atoms with Crippen LogP contribution >= 0.6 is 23.4 Å². The number of hydrogen-bond donors (Lipinski definition) is 3. The first-order chi connectivity index (χ1) is 16.2. The van der Waals surface area contributed by atoms with Crippen molar-refractivity contribution in [3.05, 3.63) is 71.1 Å². The molecular weight excluding hydrogens is 495 g/mol. The molecule has 1 heterocycles. The highest BCUT2D eigenvalue weighted by molar-refractivity contribution is 7.99. The fourth-order valence-corrected chi connectivity index (χ4v) is 3.56. The molecule has 34 heavy (non-hydrogen) atoms. The topological polar surface area (TPSA) is 105 Å². The number of nitrogens with one attached hydrogen (secondary N) is 3. The van der Waals surface area contributed by atoms with E-state index in [1.807, 2.05) is 0 Å². The van der Waals surface area contributed by atoms with E-state index in [2.05, 4.69) is 26.1 Å². The second-order valence-electron chi connectivity index (χ2n) is 6.50. The predicted octanol–water partition coefficient (Wildman–Crippen LogP) is 5.63. The number of hydroxylamine groups is 1. The molecule has 1 aromatic heterocycles. The van der Waals surface area contributed by atoms with Gasteiger partial charge in [-0.1, -0.05) is 23.4 Å². The minimum atomic E-state index is -4.64. The lowest BCUT2D eigenvalue weighted by atomic mass is 10.2. The third-order valence-corrected chi connectivity index (χ3v) is 5.32. The smallest absolute Gasteiger partial charge is 0.308 e. The van der Waals surface area contributed by atoms with Crippen LogP contribution in [0.5, 0.6) is 0 Å². The Labute approximate surface area is 201 Å². The van der Waals surface area contributed by atoms with Crippen LogP contribution < -0.4 is 16.1 Å². The van der Waals surface area contributed by atoms with Crippen LogP contribution in [-0.4, -0.2) is 28.5 Å². The van der Waals surface area contributed by atoms with Crippen molar-refractivity contribution in [2.24, 2.45) is 0 Å². The van der Waals surface area contributed by atoms with Gasteiger partial charge in [-0.3, -0.25) is 9.63 Å². The van der Waals surface area contributed by atoms with Gasteiger partial charge < -0.3 is 10.6 Å². The number of carbonyl (C=O) groups is 2. The van der Waals surface area contributed by atoms with Gasteiger partial charge in [0.05, 0.1) is 17.2 Å². The lowest BCUT2D eigenvalue weighted by Gasteiger charge is -2.12. The molecule has 178 valence electrons. The largest absolute Gasteiger partial charge is 0.417 e. The van der Waals surface area contributed by atoms with Crippen molar-refractivity contribution in [3.8, 4) is 0 Å². The van der Waals surface area contributed by atoms with Crippen molar-refractivity contribution in [1.29, 1.82) is 0 Å². The van der Waals surface area contributed by atoms with E-state index < -0.39 is 28.7 Å². The summed E-state index contributed by atoms with van der Waals surface area (Å²) in [5.74, 6) is -0.500. The Bertz CT molecular complexity index is 1180. The number of amides is 3. The third-order valence-electron chi connectivity index (χ3n) is 4.05. The van der Waals surface area contributed by atoms with Crippen LogP contribution in [0.25, 0.3) is 0 Å². The monoisotopic (exact) mass is 511 g/mol. The van der Waals surface area contributed by atoms with Crippen LogP contribution in [0.15, 0.2) is 64.8 Å². The van der Waals surface area contributed by atoms with Crippen molar-refractivity contribution < 1.29 is 27.6 Å². The minimum Gasteiger partial charge on any atom is -0.308 e. The second kappa shape index (κ2) is 11.2. The first-order valence-electron chi connectivity index (χ1n) is 9.62. The normalized spacial score (nSPS) is 11.1. The zero-order chi connectivity index (χ0) is 24.7. The summed E-state index contributed by atoms with van der Waals surface area (Å²) in [6.07, 6.45) is -3.39. The Morgan fingerprint density at radius 1 is 1.03 bits per heavy atom. The zero-order valence-corrected chi connectivity index (χ0v) is 19.0. The van der Waals surface area contributed by atoms with E-state index in [4.69, 9.17) is 16.4 Å². The Hall–Kier alpha value is -3.35. The number of aromatic nitrogens is 2. The van der Waals surface area contributed by atoms with E-state index in [1.54, 1.807) is 31.2 Å². The molecule has 2 aromatic carbocycles. The van der Waals surface area contributed by atoms with Crippen molar-refractivity contribution in [2.75, 3.05) is 17.2 Å². The molecule has 0 aliphatic carbocycles. The van der Waals surface area contributed by atoms with E-state index in [-0.39, 0.29) is 11.4 Å². The molecule has 3 amide bonds. The Morgan fingerprint density at radius 3 is 2.38 bits per heavy atom. The fraction of sp³-hybridized carbons (Fsp3) is 0.143. The molecule has 0 aliphatic rings. The number of halogens is 4. The van der Waals surface area contributed by atoms with Gasteiger partial charge in [-0.15, -0.1) is 0 Å². The second-order valence-corrected chi connectivity index (χ2v) is 8.00. The summed E-state index contributed by atoms with van der Waals surface area (Å²) in [7, 11) is 0. The SMILES string of the molecule is CCONC(=O)c1cc(Sc2ccc(NC(=O)Nc3ccc(Cl)c(C(F)(F)F)c3)cc2)ncn1. The summed E-state index contributed by atoms with van der Waals surface area (Å²) in [5.41, 5.74) is 1.69. The highest BCUT2D eigenvalue weighted by Crippen LogP contribution is 2.36. The highest BCUT2D eigenvalue weighted by atomic mass is 35.5. The average molecular weight is 512 g/mol. The van der Waals surface area contributed by atoms with Crippen molar-refractivity contribution >= 4 is 46.7 Å². The summed E-state index contributed by atoms with van der Waals surface area (Å²) < 4.78 is 38.9. The van der Waals surface area contributed by atoms with Gasteiger partial charge in [0.25, 0.3) is 5.91 Å². The molecule has 0 aliphatic heterocycles. The first-order valence-corrected chi connectivity index (χ1v) is 10.8.